The van der Waals surface area contributed by atoms with E-state index in [1.807, 2.05) is 19.2 Å². The Hall–Kier alpha value is -2.53. The minimum Gasteiger partial charge on any atom is -0.454 e. The van der Waals surface area contributed by atoms with Gasteiger partial charge in [0.15, 0.2) is 18.0 Å². The van der Waals surface area contributed by atoms with E-state index in [1.54, 1.807) is 6.07 Å². The van der Waals surface area contributed by atoms with Crippen LogP contribution in [0.2, 0.25) is 0 Å². The second kappa shape index (κ2) is 7.36. The molecule has 0 aromatic heterocycles. The van der Waals surface area contributed by atoms with Gasteiger partial charge in [0.25, 0.3) is 5.91 Å². The Balaban J connectivity index is 1.52. The third kappa shape index (κ3) is 4.06. The second-order valence-corrected chi connectivity index (χ2v) is 6.10. The summed E-state index contributed by atoms with van der Waals surface area (Å²) in [5, 5.41) is 2.91. The smallest absolute Gasteiger partial charge is 0.279 e. The zero-order chi connectivity index (χ0) is 16.9. The van der Waals surface area contributed by atoms with Gasteiger partial charge in [-0.2, -0.15) is 0 Å². The van der Waals surface area contributed by atoms with E-state index < -0.39 is 0 Å². The first kappa shape index (κ1) is 16.3. The van der Waals surface area contributed by atoms with Gasteiger partial charge in [-0.05, 0) is 24.1 Å². The number of benzene rings is 2. The van der Waals surface area contributed by atoms with Crippen LogP contribution in [0.15, 0.2) is 42.5 Å². The predicted molar refractivity (Wildman–Crippen MR) is 92.5 cm³/mol. The Labute approximate surface area is 142 Å². The molecule has 1 atom stereocenters. The van der Waals surface area contributed by atoms with Gasteiger partial charge in [0, 0.05) is 17.3 Å². The van der Waals surface area contributed by atoms with Crippen LogP contribution in [0.5, 0.6) is 11.5 Å². The summed E-state index contributed by atoms with van der Waals surface area (Å²) in [6.45, 7) is 3.60. The maximum atomic E-state index is 12.2. The Morgan fingerprint density at radius 3 is 2.54 bits per heavy atom. The fourth-order valence-electron chi connectivity index (χ4n) is 2.76. The molecular formula is C19H23N2O3+. The van der Waals surface area contributed by atoms with Crippen LogP contribution < -0.4 is 19.7 Å². The third-order valence-corrected chi connectivity index (χ3v) is 4.06. The monoisotopic (exact) mass is 327 g/mol. The highest BCUT2D eigenvalue weighted by Crippen LogP contribution is 2.34. The molecule has 2 aromatic rings. The Morgan fingerprint density at radius 2 is 1.79 bits per heavy atom. The molecule has 0 bridgehead atoms. The van der Waals surface area contributed by atoms with E-state index in [1.165, 1.54) is 11.1 Å². The number of carbonyl (C=O) groups excluding carboxylic acids is 1. The predicted octanol–water partition coefficient (Wildman–Crippen LogP) is 1.63. The first-order valence-corrected chi connectivity index (χ1v) is 8.22. The van der Waals surface area contributed by atoms with Gasteiger partial charge in [0.1, 0.15) is 6.54 Å². The summed E-state index contributed by atoms with van der Waals surface area (Å²) in [5.41, 5.74) is 3.29. The van der Waals surface area contributed by atoms with Gasteiger partial charge in [-0.25, -0.2) is 0 Å². The number of amides is 1. The number of ether oxygens (including phenoxy) is 2. The largest absolute Gasteiger partial charge is 0.454 e. The van der Waals surface area contributed by atoms with Crippen molar-refractivity contribution in [2.24, 2.45) is 0 Å². The van der Waals surface area contributed by atoms with E-state index in [-0.39, 0.29) is 12.7 Å². The number of carbonyl (C=O) groups is 1. The topological polar surface area (TPSA) is 52.0 Å². The Morgan fingerprint density at radius 1 is 1.08 bits per heavy atom. The van der Waals surface area contributed by atoms with Gasteiger partial charge < -0.3 is 19.7 Å². The highest BCUT2D eigenvalue weighted by molar-refractivity contribution is 5.91. The van der Waals surface area contributed by atoms with E-state index in [9.17, 15) is 4.79 Å². The first-order chi connectivity index (χ1) is 11.6. The number of nitrogens with one attached hydrogen (secondary N) is 2. The van der Waals surface area contributed by atoms with Crippen LogP contribution in [0, 0.1) is 0 Å². The highest BCUT2D eigenvalue weighted by atomic mass is 16.7. The number of quaternary nitrogens is 1. The average molecular weight is 327 g/mol. The molecule has 2 aromatic carbocycles. The van der Waals surface area contributed by atoms with Crippen molar-refractivity contribution in [2.75, 3.05) is 25.7 Å². The van der Waals surface area contributed by atoms with Crippen LogP contribution in [-0.4, -0.2) is 26.3 Å². The van der Waals surface area contributed by atoms with Crippen molar-refractivity contribution in [1.82, 2.24) is 0 Å². The fourth-order valence-corrected chi connectivity index (χ4v) is 2.76. The molecule has 0 aliphatic carbocycles. The van der Waals surface area contributed by atoms with E-state index in [2.05, 4.69) is 36.5 Å². The molecule has 24 heavy (non-hydrogen) atoms. The molecule has 5 nitrogen and oxygen atoms in total. The van der Waals surface area contributed by atoms with Gasteiger partial charge >= 0.3 is 0 Å². The molecule has 0 radical (unpaired) electrons. The maximum absolute atomic E-state index is 12.2. The number of anilines is 1. The molecule has 3 rings (SSSR count). The number of rotatable bonds is 6. The standard InChI is InChI=1S/C19H22N2O3/c1-3-14-4-6-15(7-5-14)11-21(2)12-19(22)20-16-8-9-17-18(10-16)24-13-23-17/h4-10H,3,11-13H2,1-2H3,(H,20,22)/p+1. The van der Waals surface area contributed by atoms with Crippen LogP contribution in [0.1, 0.15) is 18.1 Å². The SMILES string of the molecule is CCc1ccc(C[NH+](C)CC(=O)Nc2ccc3c(c2)OCO3)cc1. The summed E-state index contributed by atoms with van der Waals surface area (Å²) in [6.07, 6.45) is 1.04. The normalized spacial score (nSPS) is 13.6. The van der Waals surface area contributed by atoms with Crippen molar-refractivity contribution in [1.29, 1.82) is 0 Å². The number of hydrogen-bond acceptors (Lipinski definition) is 3. The second-order valence-electron chi connectivity index (χ2n) is 6.10. The molecule has 0 fully saturated rings. The molecule has 5 heteroatoms. The molecule has 1 aliphatic heterocycles. The van der Waals surface area contributed by atoms with Crippen LogP contribution in [0.4, 0.5) is 5.69 Å². The molecular weight excluding hydrogens is 304 g/mol. The van der Waals surface area contributed by atoms with E-state index >= 15 is 0 Å². The van der Waals surface area contributed by atoms with E-state index in [4.69, 9.17) is 9.47 Å². The first-order valence-electron chi connectivity index (χ1n) is 8.22. The zero-order valence-electron chi connectivity index (χ0n) is 14.1. The van der Waals surface area contributed by atoms with Gasteiger partial charge in [0.2, 0.25) is 6.79 Å². The van der Waals surface area contributed by atoms with Crippen LogP contribution in [0.3, 0.4) is 0 Å². The molecule has 1 unspecified atom stereocenters. The van der Waals surface area contributed by atoms with E-state index in [0.717, 1.165) is 23.6 Å². The maximum Gasteiger partial charge on any atom is 0.279 e. The minimum atomic E-state index is -0.0171. The van der Waals surface area contributed by atoms with Gasteiger partial charge in [-0.1, -0.05) is 31.2 Å². The summed E-state index contributed by atoms with van der Waals surface area (Å²) >= 11 is 0. The summed E-state index contributed by atoms with van der Waals surface area (Å²) in [4.78, 5) is 13.3. The molecule has 0 spiro atoms. The lowest BCUT2D eigenvalue weighted by molar-refractivity contribution is -0.885. The quantitative estimate of drug-likeness (QED) is 0.848. The minimum absolute atomic E-state index is 0.0171. The van der Waals surface area contributed by atoms with Gasteiger partial charge in [0.05, 0.1) is 7.05 Å². The van der Waals surface area contributed by atoms with Crippen LogP contribution in [0.25, 0.3) is 0 Å². The number of hydrogen-bond donors (Lipinski definition) is 2. The summed E-state index contributed by atoms with van der Waals surface area (Å²) in [6, 6.07) is 14.0. The number of aryl methyl sites for hydroxylation is 1. The van der Waals surface area contributed by atoms with Crippen molar-refractivity contribution in [3.8, 4) is 11.5 Å². The summed E-state index contributed by atoms with van der Waals surface area (Å²) in [5.74, 6) is 1.37. The lowest BCUT2D eigenvalue weighted by atomic mass is 10.1. The number of likely N-dealkylation sites (N-methyl/N-ethyl adjacent to an activating group) is 1. The zero-order valence-corrected chi connectivity index (χ0v) is 14.1. The highest BCUT2D eigenvalue weighted by Gasteiger charge is 2.15. The van der Waals surface area contributed by atoms with Crippen molar-refractivity contribution >= 4 is 11.6 Å². The van der Waals surface area contributed by atoms with Crippen molar-refractivity contribution in [3.63, 3.8) is 0 Å². The Kier molecular flexibility index (Phi) is 5.01. The van der Waals surface area contributed by atoms with Crippen molar-refractivity contribution < 1.29 is 19.2 Å². The molecule has 126 valence electrons. The Bertz CT molecular complexity index is 713. The van der Waals surface area contributed by atoms with Crippen molar-refractivity contribution in [2.45, 2.75) is 19.9 Å². The fraction of sp³-hybridized carbons (Fsp3) is 0.316. The molecule has 0 saturated heterocycles. The van der Waals surface area contributed by atoms with Crippen LogP contribution >= 0.6 is 0 Å². The molecule has 2 N–H and O–H groups in total. The van der Waals surface area contributed by atoms with Gasteiger partial charge in [-0.15, -0.1) is 0 Å². The average Bonchev–Trinajstić information content (AvgIpc) is 3.03. The van der Waals surface area contributed by atoms with Crippen molar-refractivity contribution in [3.05, 3.63) is 53.6 Å². The molecule has 1 amide bonds. The number of fused-ring (bicyclic) bond motifs is 1. The lowest BCUT2D eigenvalue weighted by Gasteiger charge is -2.14. The molecule has 1 heterocycles. The van der Waals surface area contributed by atoms with E-state index in [0.29, 0.717) is 18.0 Å². The molecule has 1 aliphatic rings. The van der Waals surface area contributed by atoms with Gasteiger partial charge in [-0.3, -0.25) is 4.79 Å². The lowest BCUT2D eigenvalue weighted by Crippen LogP contribution is -3.08. The third-order valence-electron chi connectivity index (χ3n) is 4.06. The molecule has 0 saturated carbocycles. The summed E-state index contributed by atoms with van der Waals surface area (Å²) in [7, 11) is 2.02. The summed E-state index contributed by atoms with van der Waals surface area (Å²) < 4.78 is 10.6. The van der Waals surface area contributed by atoms with Crippen LogP contribution in [-0.2, 0) is 17.8 Å².